The molecule has 1 aromatic rings. The lowest BCUT2D eigenvalue weighted by Crippen LogP contribution is -2.01. The van der Waals surface area contributed by atoms with Crippen LogP contribution >= 0.6 is 0 Å². The Kier molecular flexibility index (Phi) is 2.10. The van der Waals surface area contributed by atoms with Crippen molar-refractivity contribution in [3.8, 4) is 0 Å². The summed E-state index contributed by atoms with van der Waals surface area (Å²) >= 11 is 0. The van der Waals surface area contributed by atoms with Gasteiger partial charge in [0.05, 0.1) is 0 Å². The van der Waals surface area contributed by atoms with Gasteiger partial charge in [-0.1, -0.05) is 13.8 Å². The molecule has 0 aliphatic carbocycles. The molecule has 0 aromatic carbocycles. The quantitative estimate of drug-likeness (QED) is 0.607. The Morgan fingerprint density at radius 1 is 1.80 bits per heavy atom. The molecule has 0 saturated carbocycles. The number of nitrogens with zero attached hydrogens (tertiary/aromatic N) is 2. The minimum atomic E-state index is 0.601. The van der Waals surface area contributed by atoms with E-state index in [-0.39, 0.29) is 0 Å². The molecular weight excluding hydrogens is 124 g/mol. The van der Waals surface area contributed by atoms with Gasteiger partial charge in [0.2, 0.25) is 0 Å². The molecule has 0 aliphatic heterocycles. The van der Waals surface area contributed by atoms with Crippen LogP contribution in [0.4, 0.5) is 0 Å². The smallest absolute Gasteiger partial charge is 0.113 e. The molecule has 1 radical (unpaired) electrons. The summed E-state index contributed by atoms with van der Waals surface area (Å²) in [6.07, 6.45) is 3.99. The predicted octanol–water partition coefficient (Wildman–Crippen LogP) is 1.73. The number of hydrogen-bond donors (Lipinski definition) is 0. The van der Waals surface area contributed by atoms with Crippen molar-refractivity contribution in [1.82, 2.24) is 9.78 Å². The topological polar surface area (TPSA) is 17.8 Å². The molecule has 0 N–H and O–H groups in total. The zero-order valence-corrected chi connectivity index (χ0v) is 6.76. The van der Waals surface area contributed by atoms with Crippen molar-refractivity contribution in [3.05, 3.63) is 18.0 Å². The summed E-state index contributed by atoms with van der Waals surface area (Å²) in [7, 11) is 1.96. The molecule has 1 rings (SSSR count). The van der Waals surface area contributed by atoms with Gasteiger partial charge in [-0.3, -0.25) is 4.68 Å². The second kappa shape index (κ2) is 2.86. The fourth-order valence-corrected chi connectivity index (χ4v) is 1.00. The van der Waals surface area contributed by atoms with Crippen molar-refractivity contribution in [2.24, 2.45) is 7.05 Å². The highest BCUT2D eigenvalue weighted by molar-refractivity contribution is 5.04. The van der Waals surface area contributed by atoms with Gasteiger partial charge in [-0.2, -0.15) is 5.10 Å². The van der Waals surface area contributed by atoms with Gasteiger partial charge in [-0.05, 0) is 18.4 Å². The van der Waals surface area contributed by atoms with Gasteiger partial charge in [0.15, 0.2) is 0 Å². The third-order valence-electron chi connectivity index (χ3n) is 1.91. The fourth-order valence-electron chi connectivity index (χ4n) is 1.00. The lowest BCUT2D eigenvalue weighted by Gasteiger charge is -2.07. The lowest BCUT2D eigenvalue weighted by molar-refractivity contribution is 0.624. The van der Waals surface area contributed by atoms with E-state index in [2.05, 4.69) is 25.1 Å². The Hall–Kier alpha value is -0.790. The van der Waals surface area contributed by atoms with Crippen LogP contribution in [0, 0.1) is 6.20 Å². The van der Waals surface area contributed by atoms with Gasteiger partial charge in [0.1, 0.15) is 6.20 Å². The molecule has 0 bridgehead atoms. The second-order valence-corrected chi connectivity index (χ2v) is 2.63. The average Bonchev–Trinajstić information content (AvgIpc) is 2.34. The van der Waals surface area contributed by atoms with E-state index in [1.165, 1.54) is 5.69 Å². The lowest BCUT2D eigenvalue weighted by atomic mass is 10.1. The molecule has 1 heterocycles. The van der Waals surface area contributed by atoms with Gasteiger partial charge in [0.25, 0.3) is 0 Å². The van der Waals surface area contributed by atoms with Gasteiger partial charge < -0.3 is 0 Å². The predicted molar refractivity (Wildman–Crippen MR) is 40.8 cm³/mol. The van der Waals surface area contributed by atoms with E-state index in [0.717, 1.165) is 6.42 Å². The van der Waals surface area contributed by atoms with Crippen LogP contribution in [0.2, 0.25) is 0 Å². The Morgan fingerprint density at radius 2 is 2.50 bits per heavy atom. The molecule has 2 nitrogen and oxygen atoms in total. The van der Waals surface area contributed by atoms with Crippen LogP contribution in [-0.2, 0) is 7.05 Å². The molecular formula is C8H13N2. The molecule has 1 aromatic heterocycles. The van der Waals surface area contributed by atoms with E-state index in [1.54, 1.807) is 0 Å². The minimum absolute atomic E-state index is 0.601. The largest absolute Gasteiger partial charge is 0.272 e. The summed E-state index contributed by atoms with van der Waals surface area (Å²) < 4.78 is 1.88. The Balaban J connectivity index is 2.82. The van der Waals surface area contributed by atoms with Crippen LogP contribution in [-0.4, -0.2) is 9.78 Å². The maximum absolute atomic E-state index is 3.98. The zero-order chi connectivity index (χ0) is 7.56. The highest BCUT2D eigenvalue weighted by Gasteiger charge is 2.05. The first kappa shape index (κ1) is 7.32. The van der Waals surface area contributed by atoms with E-state index >= 15 is 0 Å². The molecule has 10 heavy (non-hydrogen) atoms. The van der Waals surface area contributed by atoms with Crippen LogP contribution in [0.3, 0.4) is 0 Å². The Morgan fingerprint density at radius 3 is 2.90 bits per heavy atom. The normalized spacial score (nSPS) is 13.5. The van der Waals surface area contributed by atoms with Gasteiger partial charge in [0, 0.05) is 12.7 Å². The molecule has 0 spiro atoms. The highest BCUT2D eigenvalue weighted by atomic mass is 15.3. The third-order valence-corrected chi connectivity index (χ3v) is 1.91. The Bertz CT molecular complexity index is 203. The first-order valence-corrected chi connectivity index (χ1v) is 3.65. The van der Waals surface area contributed by atoms with Crippen molar-refractivity contribution in [2.75, 3.05) is 0 Å². The molecule has 0 fully saturated rings. The van der Waals surface area contributed by atoms with E-state index < -0.39 is 0 Å². The molecule has 1 atom stereocenters. The number of hydrogen-bond acceptors (Lipinski definition) is 1. The molecule has 0 amide bonds. The Labute approximate surface area is 61.9 Å². The number of aryl methyl sites for hydroxylation is 1. The van der Waals surface area contributed by atoms with Crippen LogP contribution in [0.15, 0.2) is 6.07 Å². The summed E-state index contributed by atoms with van der Waals surface area (Å²) in [4.78, 5) is 0. The van der Waals surface area contributed by atoms with Gasteiger partial charge in [-0.25, -0.2) is 0 Å². The second-order valence-electron chi connectivity index (χ2n) is 2.63. The summed E-state index contributed by atoms with van der Waals surface area (Å²) in [5.74, 6) is 0.601. The summed E-state index contributed by atoms with van der Waals surface area (Å²) in [5.41, 5.74) is 1.27. The monoisotopic (exact) mass is 137 g/mol. The van der Waals surface area contributed by atoms with Crippen molar-refractivity contribution in [1.29, 1.82) is 0 Å². The average molecular weight is 137 g/mol. The van der Waals surface area contributed by atoms with Crippen LogP contribution in [0.5, 0.6) is 0 Å². The van der Waals surface area contributed by atoms with Crippen molar-refractivity contribution in [2.45, 2.75) is 26.2 Å². The minimum Gasteiger partial charge on any atom is -0.272 e. The first-order chi connectivity index (χ1) is 4.75. The standard InChI is InChI=1S/C8H13N2/c1-4-7(2)8-5-6-9-10(8)3/h5,7H,4H2,1-3H3. The first-order valence-electron chi connectivity index (χ1n) is 3.65. The molecule has 0 saturated heterocycles. The zero-order valence-electron chi connectivity index (χ0n) is 6.76. The van der Waals surface area contributed by atoms with E-state index in [9.17, 15) is 0 Å². The van der Waals surface area contributed by atoms with Crippen molar-refractivity contribution >= 4 is 0 Å². The van der Waals surface area contributed by atoms with Crippen molar-refractivity contribution in [3.63, 3.8) is 0 Å². The summed E-state index contributed by atoms with van der Waals surface area (Å²) in [6.45, 7) is 4.38. The van der Waals surface area contributed by atoms with E-state index in [0.29, 0.717) is 5.92 Å². The SMILES string of the molecule is CCC(C)c1c[c]nn1C. The molecule has 0 aliphatic rings. The van der Waals surface area contributed by atoms with Gasteiger partial charge >= 0.3 is 0 Å². The van der Waals surface area contributed by atoms with Crippen LogP contribution in [0.1, 0.15) is 31.9 Å². The molecule has 2 heteroatoms. The third kappa shape index (κ3) is 1.20. The summed E-state index contributed by atoms with van der Waals surface area (Å²) in [5, 5.41) is 3.98. The maximum Gasteiger partial charge on any atom is 0.113 e. The van der Waals surface area contributed by atoms with Crippen LogP contribution < -0.4 is 0 Å². The van der Waals surface area contributed by atoms with E-state index in [4.69, 9.17) is 0 Å². The summed E-state index contributed by atoms with van der Waals surface area (Å²) in [6, 6.07) is 1.95. The molecule has 1 unspecified atom stereocenters. The van der Waals surface area contributed by atoms with Gasteiger partial charge in [-0.15, -0.1) is 0 Å². The number of rotatable bonds is 2. The maximum atomic E-state index is 3.98. The highest BCUT2D eigenvalue weighted by Crippen LogP contribution is 2.15. The number of aromatic nitrogens is 2. The molecule has 55 valence electrons. The fraction of sp³-hybridized carbons (Fsp3) is 0.625. The van der Waals surface area contributed by atoms with E-state index in [1.807, 2.05) is 17.8 Å². The van der Waals surface area contributed by atoms with Crippen molar-refractivity contribution < 1.29 is 0 Å². The van der Waals surface area contributed by atoms with Crippen LogP contribution in [0.25, 0.3) is 0 Å².